The van der Waals surface area contributed by atoms with Crippen molar-refractivity contribution in [1.29, 1.82) is 0 Å². The van der Waals surface area contributed by atoms with Crippen LogP contribution in [0.2, 0.25) is 0 Å². The summed E-state index contributed by atoms with van der Waals surface area (Å²) < 4.78 is 0. The number of anilines is 1. The Kier molecular flexibility index (Phi) is 9.93. The van der Waals surface area contributed by atoms with Gasteiger partial charge in [0.1, 0.15) is 5.82 Å². The first kappa shape index (κ1) is 30.9. The van der Waals surface area contributed by atoms with Crippen molar-refractivity contribution in [2.24, 2.45) is 0 Å². The molecule has 3 heterocycles. The van der Waals surface area contributed by atoms with Gasteiger partial charge in [-0.05, 0) is 73.2 Å². The zero-order valence-electron chi connectivity index (χ0n) is 25.8. The summed E-state index contributed by atoms with van der Waals surface area (Å²) in [4.78, 5) is 53.7. The van der Waals surface area contributed by atoms with E-state index in [4.69, 9.17) is 14.8 Å². The van der Waals surface area contributed by atoms with Gasteiger partial charge in [0.15, 0.2) is 5.82 Å². The van der Waals surface area contributed by atoms with Gasteiger partial charge in [0.05, 0.1) is 5.52 Å². The molecule has 46 heavy (non-hydrogen) atoms. The van der Waals surface area contributed by atoms with Gasteiger partial charge in [-0.2, -0.15) is 0 Å². The summed E-state index contributed by atoms with van der Waals surface area (Å²) >= 11 is 0. The van der Waals surface area contributed by atoms with Gasteiger partial charge < -0.3 is 10.2 Å². The summed E-state index contributed by atoms with van der Waals surface area (Å²) in [5.41, 5.74) is 5.52. The maximum atomic E-state index is 11.9. The number of carbonyl (C=O) groups is 3. The normalized spacial score (nSPS) is 15.5. The highest BCUT2D eigenvalue weighted by atomic mass is 16.7. The molecular formula is C37H37N5O4. The number of amides is 2. The Labute approximate surface area is 268 Å². The molecule has 2 aromatic carbocycles. The van der Waals surface area contributed by atoms with Crippen molar-refractivity contribution in [2.45, 2.75) is 83.1 Å². The molecule has 1 fully saturated rings. The van der Waals surface area contributed by atoms with Gasteiger partial charge in [-0.1, -0.05) is 55.7 Å². The second-order valence-electron chi connectivity index (χ2n) is 11.9. The predicted octanol–water partition coefficient (Wildman–Crippen LogP) is 6.35. The van der Waals surface area contributed by atoms with Crippen molar-refractivity contribution in [2.75, 3.05) is 5.32 Å². The fourth-order valence-electron chi connectivity index (χ4n) is 5.96. The minimum absolute atomic E-state index is 0.112. The second kappa shape index (κ2) is 14.8. The van der Waals surface area contributed by atoms with Gasteiger partial charge in [-0.3, -0.25) is 14.6 Å². The maximum Gasteiger partial charge on any atom is 0.333 e. The average Bonchev–Trinajstić information content (AvgIpc) is 3.62. The van der Waals surface area contributed by atoms with E-state index in [1.807, 2.05) is 30.3 Å². The van der Waals surface area contributed by atoms with E-state index in [1.54, 1.807) is 12.4 Å². The third-order valence-corrected chi connectivity index (χ3v) is 8.37. The third kappa shape index (κ3) is 7.75. The van der Waals surface area contributed by atoms with E-state index in [-0.39, 0.29) is 25.3 Å². The number of nitrogens with one attached hydrogen (secondary N) is 1. The maximum absolute atomic E-state index is 11.9. The van der Waals surface area contributed by atoms with Crippen LogP contribution >= 0.6 is 0 Å². The Balaban J connectivity index is 0.927. The Morgan fingerprint density at radius 2 is 1.67 bits per heavy atom. The molecule has 234 valence electrons. The molecule has 0 radical (unpaired) electrons. The van der Waals surface area contributed by atoms with Crippen LogP contribution in [0, 0.1) is 11.8 Å². The summed E-state index contributed by atoms with van der Waals surface area (Å²) in [7, 11) is 0. The van der Waals surface area contributed by atoms with Crippen LogP contribution in [0.3, 0.4) is 0 Å². The number of nitrogens with zero attached hydrogens (tertiary/aromatic N) is 4. The van der Waals surface area contributed by atoms with E-state index < -0.39 is 17.8 Å². The van der Waals surface area contributed by atoms with E-state index >= 15 is 0 Å². The van der Waals surface area contributed by atoms with Crippen LogP contribution in [0.15, 0.2) is 67.0 Å². The molecule has 0 bridgehead atoms. The first-order valence-corrected chi connectivity index (χ1v) is 16.1. The van der Waals surface area contributed by atoms with Gasteiger partial charge in [0.25, 0.3) is 11.8 Å². The van der Waals surface area contributed by atoms with Crippen LogP contribution in [-0.4, -0.2) is 43.8 Å². The third-order valence-electron chi connectivity index (χ3n) is 8.37. The molecule has 4 aromatic rings. The number of rotatable bonds is 12. The zero-order valence-corrected chi connectivity index (χ0v) is 25.8. The van der Waals surface area contributed by atoms with Crippen molar-refractivity contribution in [1.82, 2.24) is 20.0 Å². The summed E-state index contributed by atoms with van der Waals surface area (Å²) in [6.07, 6.45) is 12.5. The molecule has 2 amide bonds. The zero-order chi connectivity index (χ0) is 31.7. The van der Waals surface area contributed by atoms with Crippen molar-refractivity contribution in [3.05, 3.63) is 83.7 Å². The van der Waals surface area contributed by atoms with E-state index in [9.17, 15) is 14.4 Å². The highest BCUT2D eigenvalue weighted by molar-refractivity contribution is 6.01. The second-order valence-corrected chi connectivity index (χ2v) is 11.9. The summed E-state index contributed by atoms with van der Waals surface area (Å²) in [6, 6.07) is 18.8. The fraction of sp³-hybridized carbons (Fsp3) is 0.351. The predicted molar refractivity (Wildman–Crippen MR) is 175 cm³/mol. The molecule has 2 aromatic heterocycles. The highest BCUT2D eigenvalue weighted by Crippen LogP contribution is 2.29. The molecule has 9 heteroatoms. The molecule has 1 saturated heterocycles. The van der Waals surface area contributed by atoms with Crippen LogP contribution in [0.1, 0.15) is 80.9 Å². The van der Waals surface area contributed by atoms with Crippen molar-refractivity contribution < 1.29 is 19.2 Å². The van der Waals surface area contributed by atoms with Crippen LogP contribution in [0.4, 0.5) is 5.82 Å². The number of unbranched alkanes of at least 4 members (excludes halogenated alkanes) is 6. The number of imide groups is 1. The number of hydrogen-bond donors (Lipinski definition) is 1. The average molecular weight is 616 g/mol. The number of hydroxylamine groups is 2. The number of aromatic nitrogens is 3. The minimum Gasteiger partial charge on any atom is -0.366 e. The van der Waals surface area contributed by atoms with Gasteiger partial charge >= 0.3 is 5.97 Å². The summed E-state index contributed by atoms with van der Waals surface area (Å²) in [6.45, 7) is 0. The molecule has 1 aliphatic heterocycles. The minimum atomic E-state index is -0.521. The lowest BCUT2D eigenvalue weighted by Crippen LogP contribution is -2.31. The quantitative estimate of drug-likeness (QED) is 0.111. The molecule has 6 rings (SSSR count). The largest absolute Gasteiger partial charge is 0.366 e. The molecule has 1 N–H and O–H groups in total. The number of fused-ring (bicyclic) bond motifs is 2. The fourth-order valence-corrected chi connectivity index (χ4v) is 5.96. The summed E-state index contributed by atoms with van der Waals surface area (Å²) in [5, 5.41) is 5.33. The Morgan fingerprint density at radius 1 is 0.891 bits per heavy atom. The van der Waals surface area contributed by atoms with Gasteiger partial charge in [0.2, 0.25) is 0 Å². The Morgan fingerprint density at radius 3 is 2.50 bits per heavy atom. The van der Waals surface area contributed by atoms with Gasteiger partial charge in [-0.25, -0.2) is 14.8 Å². The SMILES string of the molecule is O=C(CCCCCCCCC#Cc1ccc2c(c1)CC(Nc1nc(-c3cccnc3)nc3ccccc13)C2)ON1C(=O)CCC1=O. The lowest BCUT2D eigenvalue weighted by molar-refractivity contribution is -0.197. The molecule has 0 spiro atoms. The van der Waals surface area contributed by atoms with Crippen molar-refractivity contribution in [3.8, 4) is 23.2 Å². The van der Waals surface area contributed by atoms with Crippen LogP contribution < -0.4 is 5.32 Å². The van der Waals surface area contributed by atoms with Crippen molar-refractivity contribution in [3.63, 3.8) is 0 Å². The number of pyridine rings is 1. The molecule has 1 unspecified atom stereocenters. The smallest absolute Gasteiger partial charge is 0.333 e. The van der Waals surface area contributed by atoms with Crippen molar-refractivity contribution >= 4 is 34.5 Å². The molecular weight excluding hydrogens is 578 g/mol. The molecule has 1 aliphatic carbocycles. The van der Waals surface area contributed by atoms with E-state index in [1.165, 1.54) is 11.1 Å². The van der Waals surface area contributed by atoms with Gasteiger partial charge in [-0.15, -0.1) is 5.06 Å². The summed E-state index contributed by atoms with van der Waals surface area (Å²) in [5.74, 6) is 6.79. The lowest BCUT2D eigenvalue weighted by Gasteiger charge is -2.15. The van der Waals surface area contributed by atoms with Crippen LogP contribution in [0.25, 0.3) is 22.3 Å². The first-order chi connectivity index (χ1) is 22.5. The number of para-hydroxylation sites is 1. The molecule has 9 nitrogen and oxygen atoms in total. The van der Waals surface area contributed by atoms with Gasteiger partial charge in [0, 0.05) is 60.6 Å². The number of carbonyl (C=O) groups excluding carboxylic acids is 3. The lowest BCUT2D eigenvalue weighted by atomic mass is 10.1. The number of hydrogen-bond acceptors (Lipinski definition) is 8. The highest BCUT2D eigenvalue weighted by Gasteiger charge is 2.32. The standard InChI is InChI=1S/C37H37N5O4/c43-33-19-20-34(44)42(33)46-35(45)16-8-6-4-2-1-3-5-7-12-26-17-18-27-23-30(24-29(27)22-26)39-37-31-14-9-10-15-32(31)40-36(41-37)28-13-11-21-38-25-28/h9-11,13-15,17-18,21-22,25,30H,1-6,8,16,19-20,23-24H2,(H,39,40,41). The Hall–Kier alpha value is -5.10. The monoisotopic (exact) mass is 615 g/mol. The topological polar surface area (TPSA) is 114 Å². The Bertz CT molecular complexity index is 1780. The van der Waals surface area contributed by atoms with Crippen LogP contribution in [-0.2, 0) is 32.1 Å². The van der Waals surface area contributed by atoms with E-state index in [0.717, 1.165) is 79.2 Å². The van der Waals surface area contributed by atoms with Crippen LogP contribution in [0.5, 0.6) is 0 Å². The molecule has 2 aliphatic rings. The first-order valence-electron chi connectivity index (χ1n) is 16.1. The van der Waals surface area contributed by atoms with E-state index in [0.29, 0.717) is 17.3 Å². The molecule has 1 atom stereocenters. The molecule has 0 saturated carbocycles. The van der Waals surface area contributed by atoms with E-state index in [2.05, 4.69) is 46.4 Å². The number of benzene rings is 2.